The molecule has 23 heavy (non-hydrogen) atoms. The number of aryl methyl sites for hydroxylation is 1. The summed E-state index contributed by atoms with van der Waals surface area (Å²) in [6.45, 7) is 6.28. The zero-order chi connectivity index (χ0) is 16.6. The molecule has 0 radical (unpaired) electrons. The van der Waals surface area contributed by atoms with Crippen molar-refractivity contribution in [3.05, 3.63) is 65.0 Å². The fraction of sp³-hybridized carbons (Fsp3) is 0.350. The lowest BCUT2D eigenvalue weighted by atomic mass is 9.98. The second-order valence-electron chi connectivity index (χ2n) is 6.68. The molecule has 1 aliphatic rings. The number of rotatable bonds is 4. The highest BCUT2D eigenvalue weighted by atomic mass is 19.1. The Labute approximate surface area is 136 Å². The minimum atomic E-state index is -0.239. The average molecular weight is 311 g/mol. The minimum absolute atomic E-state index is 0.0138. The van der Waals surface area contributed by atoms with Crippen molar-refractivity contribution in [2.24, 2.45) is 5.92 Å². The monoisotopic (exact) mass is 311 g/mol. The summed E-state index contributed by atoms with van der Waals surface area (Å²) in [6, 6.07) is 12.6. The summed E-state index contributed by atoms with van der Waals surface area (Å²) in [5.41, 5.74) is 4.23. The van der Waals surface area contributed by atoms with Crippen molar-refractivity contribution in [3.63, 3.8) is 0 Å². The van der Waals surface area contributed by atoms with Crippen LogP contribution < -0.4 is 5.32 Å². The Balaban J connectivity index is 1.73. The van der Waals surface area contributed by atoms with E-state index in [4.69, 9.17) is 0 Å². The van der Waals surface area contributed by atoms with Crippen molar-refractivity contribution in [1.29, 1.82) is 0 Å². The molecule has 0 aromatic heterocycles. The summed E-state index contributed by atoms with van der Waals surface area (Å²) >= 11 is 0. The van der Waals surface area contributed by atoms with Gasteiger partial charge in [-0.15, -0.1) is 0 Å². The molecule has 2 unspecified atom stereocenters. The van der Waals surface area contributed by atoms with E-state index in [0.717, 1.165) is 28.8 Å². The molecule has 3 heteroatoms. The van der Waals surface area contributed by atoms with E-state index in [0.29, 0.717) is 5.92 Å². The predicted octanol–water partition coefficient (Wildman–Crippen LogP) is 5.00. The third-order valence-electron chi connectivity index (χ3n) is 4.60. The maximum Gasteiger partial charge on any atom is 0.228 e. The number of nitrogens with one attached hydrogen (secondary N) is 1. The molecule has 0 aliphatic heterocycles. The zero-order valence-corrected chi connectivity index (χ0v) is 13.8. The van der Waals surface area contributed by atoms with Crippen LogP contribution in [0, 0.1) is 18.7 Å². The number of anilines is 1. The molecule has 0 heterocycles. The fourth-order valence-electron chi connectivity index (χ4n) is 3.12. The molecule has 2 atom stereocenters. The molecule has 1 aliphatic carbocycles. The Hall–Kier alpha value is -2.16. The van der Waals surface area contributed by atoms with Gasteiger partial charge in [-0.1, -0.05) is 44.2 Å². The number of carbonyl (C=O) groups is 1. The van der Waals surface area contributed by atoms with Crippen molar-refractivity contribution in [3.8, 4) is 0 Å². The van der Waals surface area contributed by atoms with E-state index in [-0.39, 0.29) is 23.6 Å². The van der Waals surface area contributed by atoms with Crippen LogP contribution >= 0.6 is 0 Å². The first-order chi connectivity index (χ1) is 11.0. The van der Waals surface area contributed by atoms with E-state index in [1.54, 1.807) is 12.1 Å². The van der Waals surface area contributed by atoms with Gasteiger partial charge in [-0.2, -0.15) is 0 Å². The van der Waals surface area contributed by atoms with E-state index >= 15 is 0 Å². The first kappa shape index (κ1) is 15.7. The summed E-state index contributed by atoms with van der Waals surface area (Å²) in [5.74, 6) is 0.381. The Morgan fingerprint density at radius 2 is 1.87 bits per heavy atom. The third kappa shape index (κ3) is 3.29. The minimum Gasteiger partial charge on any atom is -0.325 e. The van der Waals surface area contributed by atoms with Gasteiger partial charge in [0, 0.05) is 11.6 Å². The van der Waals surface area contributed by atoms with Crippen LogP contribution in [0.4, 0.5) is 10.1 Å². The van der Waals surface area contributed by atoms with E-state index in [1.165, 1.54) is 12.1 Å². The first-order valence-electron chi connectivity index (χ1n) is 8.13. The highest BCUT2D eigenvalue weighted by Crippen LogP contribution is 2.48. The summed E-state index contributed by atoms with van der Waals surface area (Å²) in [5, 5.41) is 3.12. The van der Waals surface area contributed by atoms with Crippen LogP contribution in [-0.4, -0.2) is 5.91 Å². The molecule has 120 valence electrons. The van der Waals surface area contributed by atoms with Gasteiger partial charge in [-0.05, 0) is 54.0 Å². The molecule has 0 spiro atoms. The van der Waals surface area contributed by atoms with Crippen molar-refractivity contribution < 1.29 is 9.18 Å². The highest BCUT2D eigenvalue weighted by Gasteiger charge is 2.44. The van der Waals surface area contributed by atoms with E-state index in [9.17, 15) is 9.18 Å². The number of para-hydroxylation sites is 1. The molecule has 0 bridgehead atoms. The first-order valence-corrected chi connectivity index (χ1v) is 8.13. The van der Waals surface area contributed by atoms with Gasteiger partial charge >= 0.3 is 0 Å². The molecule has 2 nitrogen and oxygen atoms in total. The quantitative estimate of drug-likeness (QED) is 0.846. The van der Waals surface area contributed by atoms with Gasteiger partial charge in [0.2, 0.25) is 5.91 Å². The molecule has 2 aromatic rings. The summed E-state index contributed by atoms with van der Waals surface area (Å²) in [4.78, 5) is 12.6. The van der Waals surface area contributed by atoms with Crippen LogP contribution in [0.15, 0.2) is 42.5 Å². The average Bonchev–Trinajstić information content (AvgIpc) is 3.30. The maximum absolute atomic E-state index is 13.0. The highest BCUT2D eigenvalue weighted by molar-refractivity contribution is 5.96. The molecule has 2 aromatic carbocycles. The Morgan fingerprint density at radius 3 is 2.52 bits per heavy atom. The Kier molecular flexibility index (Phi) is 4.20. The van der Waals surface area contributed by atoms with E-state index in [2.05, 4.69) is 25.2 Å². The van der Waals surface area contributed by atoms with Crippen molar-refractivity contribution >= 4 is 11.6 Å². The second kappa shape index (κ2) is 6.15. The maximum atomic E-state index is 13.0. The van der Waals surface area contributed by atoms with Crippen molar-refractivity contribution in [2.75, 3.05) is 5.32 Å². The molecular weight excluding hydrogens is 289 g/mol. The van der Waals surface area contributed by atoms with Gasteiger partial charge in [0.05, 0.1) is 0 Å². The SMILES string of the molecule is Cc1cccc(C(C)C)c1NC(=O)C1CC1c1ccc(F)cc1. The summed E-state index contributed by atoms with van der Waals surface area (Å²) < 4.78 is 13.0. The van der Waals surface area contributed by atoms with Crippen molar-refractivity contribution in [1.82, 2.24) is 0 Å². The molecule has 3 rings (SSSR count). The van der Waals surface area contributed by atoms with Gasteiger partial charge in [0.1, 0.15) is 5.82 Å². The lowest BCUT2D eigenvalue weighted by Gasteiger charge is -2.16. The summed E-state index contributed by atoms with van der Waals surface area (Å²) in [6.07, 6.45) is 0.834. The smallest absolute Gasteiger partial charge is 0.228 e. The summed E-state index contributed by atoms with van der Waals surface area (Å²) in [7, 11) is 0. The topological polar surface area (TPSA) is 29.1 Å². The van der Waals surface area contributed by atoms with Gasteiger partial charge in [0.15, 0.2) is 0 Å². The third-order valence-corrected chi connectivity index (χ3v) is 4.60. The van der Waals surface area contributed by atoms with Crippen LogP contribution in [0.1, 0.15) is 48.8 Å². The molecule has 1 saturated carbocycles. The van der Waals surface area contributed by atoms with Crippen LogP contribution in [0.2, 0.25) is 0 Å². The molecule has 1 amide bonds. The molecule has 1 N–H and O–H groups in total. The predicted molar refractivity (Wildman–Crippen MR) is 91.1 cm³/mol. The largest absolute Gasteiger partial charge is 0.325 e. The number of hydrogen-bond donors (Lipinski definition) is 1. The fourth-order valence-corrected chi connectivity index (χ4v) is 3.12. The zero-order valence-electron chi connectivity index (χ0n) is 13.8. The van der Waals surface area contributed by atoms with E-state index in [1.807, 2.05) is 19.1 Å². The standard InChI is InChI=1S/C20H22FNO/c1-12(2)16-6-4-5-13(3)19(16)22-20(23)18-11-17(18)14-7-9-15(21)10-8-14/h4-10,12,17-18H,11H2,1-3H3,(H,22,23). The van der Waals surface area contributed by atoms with Crippen molar-refractivity contribution in [2.45, 2.75) is 39.0 Å². The second-order valence-corrected chi connectivity index (χ2v) is 6.68. The Morgan fingerprint density at radius 1 is 1.17 bits per heavy atom. The molecule has 1 fully saturated rings. The Bertz CT molecular complexity index is 721. The lowest BCUT2D eigenvalue weighted by Crippen LogP contribution is -2.17. The number of amides is 1. The number of carbonyl (C=O) groups excluding carboxylic acids is 1. The van der Waals surface area contributed by atoms with Gasteiger partial charge < -0.3 is 5.32 Å². The number of halogens is 1. The molecular formula is C20H22FNO. The molecule has 0 saturated heterocycles. The van der Waals surface area contributed by atoms with E-state index < -0.39 is 0 Å². The number of benzene rings is 2. The normalized spacial score (nSPS) is 19.7. The van der Waals surface area contributed by atoms with Crippen LogP contribution in [-0.2, 0) is 4.79 Å². The van der Waals surface area contributed by atoms with Gasteiger partial charge in [-0.25, -0.2) is 4.39 Å². The van der Waals surface area contributed by atoms with Gasteiger partial charge in [0.25, 0.3) is 0 Å². The van der Waals surface area contributed by atoms with Crippen LogP contribution in [0.3, 0.4) is 0 Å². The van der Waals surface area contributed by atoms with Gasteiger partial charge in [-0.3, -0.25) is 4.79 Å². The van der Waals surface area contributed by atoms with Crippen LogP contribution in [0.5, 0.6) is 0 Å². The number of hydrogen-bond acceptors (Lipinski definition) is 1. The van der Waals surface area contributed by atoms with Crippen LogP contribution in [0.25, 0.3) is 0 Å². The lowest BCUT2D eigenvalue weighted by molar-refractivity contribution is -0.117.